The van der Waals surface area contributed by atoms with Crippen molar-refractivity contribution in [1.29, 1.82) is 0 Å². The summed E-state index contributed by atoms with van der Waals surface area (Å²) in [7, 11) is 0. The third kappa shape index (κ3) is 6.03. The number of hydrogen-bond donors (Lipinski definition) is 1. The Balaban J connectivity index is 1.23. The zero-order valence-electron chi connectivity index (χ0n) is 23.5. The standard InChI is InChI=1S/C30H34F2N8O2/c1-20(29(41)39-12-8-22(9-13-39)18-21-6-10-33-11-7-21)34-30-36-25(38-14-16-42-17-15-38)19-26(37-30)40-24-5-3-2-4-23(24)35-28(40)27(31)32/h2-7,10-11,19-20,22,27H,8-9,12-18H2,1H3,(H,34,36,37)/t20-/m0/s1. The van der Waals surface area contributed by atoms with E-state index in [1.54, 1.807) is 37.3 Å². The van der Waals surface area contributed by atoms with Crippen LogP contribution in [0.2, 0.25) is 0 Å². The minimum Gasteiger partial charge on any atom is -0.378 e. The number of morpholine rings is 1. The molecule has 2 aliphatic heterocycles. The van der Waals surface area contributed by atoms with Crippen molar-refractivity contribution in [2.45, 2.75) is 38.7 Å². The second-order valence-corrected chi connectivity index (χ2v) is 10.8. The van der Waals surface area contributed by atoms with Crippen LogP contribution in [-0.4, -0.2) is 80.7 Å². The number of carbonyl (C=O) groups is 1. The van der Waals surface area contributed by atoms with Gasteiger partial charge >= 0.3 is 0 Å². The summed E-state index contributed by atoms with van der Waals surface area (Å²) in [6.07, 6.45) is 3.65. The first-order valence-corrected chi connectivity index (χ1v) is 14.4. The number of nitrogens with one attached hydrogen (secondary N) is 1. The number of nitrogens with zero attached hydrogens (tertiary/aromatic N) is 7. The van der Waals surface area contributed by atoms with Crippen molar-refractivity contribution in [2.75, 3.05) is 49.6 Å². The number of hydrogen-bond acceptors (Lipinski definition) is 8. The first-order valence-electron chi connectivity index (χ1n) is 14.4. The van der Waals surface area contributed by atoms with Gasteiger partial charge in [-0.05, 0) is 61.9 Å². The lowest BCUT2D eigenvalue weighted by Crippen LogP contribution is -2.45. The molecular weight excluding hydrogens is 542 g/mol. The number of alkyl halides is 2. The number of pyridine rings is 1. The van der Waals surface area contributed by atoms with Gasteiger partial charge in [-0.15, -0.1) is 0 Å². The lowest BCUT2D eigenvalue weighted by molar-refractivity contribution is -0.133. The van der Waals surface area contributed by atoms with Crippen LogP contribution in [-0.2, 0) is 16.0 Å². The maximum Gasteiger partial charge on any atom is 0.296 e. The summed E-state index contributed by atoms with van der Waals surface area (Å²) in [6.45, 7) is 5.41. The normalized spacial score (nSPS) is 17.1. The van der Waals surface area contributed by atoms with Crippen molar-refractivity contribution < 1.29 is 18.3 Å². The van der Waals surface area contributed by atoms with Crippen LogP contribution in [0.25, 0.3) is 16.9 Å². The Morgan fingerprint density at radius 1 is 1.00 bits per heavy atom. The van der Waals surface area contributed by atoms with E-state index in [2.05, 4.69) is 20.3 Å². The lowest BCUT2D eigenvalue weighted by Gasteiger charge is -2.34. The summed E-state index contributed by atoms with van der Waals surface area (Å²) in [6, 6.07) is 12.1. The van der Waals surface area contributed by atoms with Crippen molar-refractivity contribution in [2.24, 2.45) is 5.92 Å². The van der Waals surface area contributed by atoms with Crippen LogP contribution in [0.3, 0.4) is 0 Å². The van der Waals surface area contributed by atoms with Gasteiger partial charge in [0.05, 0.1) is 24.2 Å². The van der Waals surface area contributed by atoms with Crippen molar-refractivity contribution >= 4 is 28.7 Å². The molecule has 1 N–H and O–H groups in total. The number of rotatable bonds is 8. The highest BCUT2D eigenvalue weighted by molar-refractivity contribution is 5.84. The van der Waals surface area contributed by atoms with E-state index in [-0.39, 0.29) is 17.7 Å². The molecule has 0 aliphatic carbocycles. The third-order valence-electron chi connectivity index (χ3n) is 7.96. The third-order valence-corrected chi connectivity index (χ3v) is 7.96. The molecular formula is C30H34F2N8O2. The molecule has 0 radical (unpaired) electrons. The van der Waals surface area contributed by atoms with Gasteiger partial charge in [-0.3, -0.25) is 14.3 Å². The van der Waals surface area contributed by atoms with E-state index in [9.17, 15) is 13.6 Å². The Labute approximate surface area is 242 Å². The fourth-order valence-corrected chi connectivity index (χ4v) is 5.73. The highest BCUT2D eigenvalue weighted by Crippen LogP contribution is 2.29. The minimum atomic E-state index is -2.81. The second kappa shape index (κ2) is 12.4. The first kappa shape index (κ1) is 28.0. The number of para-hydroxylation sites is 2. The molecule has 5 heterocycles. The number of benzene rings is 1. The van der Waals surface area contributed by atoms with Crippen LogP contribution in [0.15, 0.2) is 54.9 Å². The Morgan fingerprint density at radius 2 is 1.71 bits per heavy atom. The number of anilines is 2. The zero-order valence-corrected chi connectivity index (χ0v) is 23.5. The summed E-state index contributed by atoms with van der Waals surface area (Å²) in [5, 5.41) is 3.17. The van der Waals surface area contributed by atoms with Gasteiger partial charge in [0.1, 0.15) is 17.7 Å². The SMILES string of the molecule is C[C@H](Nc1nc(N2CCOCC2)cc(-n2c(C(F)F)nc3ccccc32)n1)C(=O)N1CCC(Cc2ccncc2)CC1. The fourth-order valence-electron chi connectivity index (χ4n) is 5.73. The number of piperidine rings is 1. The molecule has 3 aromatic heterocycles. The van der Waals surface area contributed by atoms with Gasteiger partial charge in [-0.1, -0.05) is 12.1 Å². The average molecular weight is 577 g/mol. The number of carbonyl (C=O) groups excluding carboxylic acids is 1. The Morgan fingerprint density at radius 3 is 2.45 bits per heavy atom. The Hall–Kier alpha value is -4.19. The van der Waals surface area contributed by atoms with Gasteiger partial charge in [0.25, 0.3) is 6.43 Å². The first-order chi connectivity index (χ1) is 20.5. The molecule has 1 amide bonds. The van der Waals surface area contributed by atoms with E-state index < -0.39 is 18.3 Å². The van der Waals surface area contributed by atoms with Crippen molar-refractivity contribution in [3.05, 3.63) is 66.2 Å². The zero-order chi connectivity index (χ0) is 29.1. The molecule has 12 heteroatoms. The molecule has 220 valence electrons. The summed E-state index contributed by atoms with van der Waals surface area (Å²) < 4.78 is 35.2. The maximum absolute atomic E-state index is 14.2. The molecule has 2 fully saturated rings. The van der Waals surface area contributed by atoms with Gasteiger partial charge in [0.15, 0.2) is 5.82 Å². The minimum absolute atomic E-state index is 0.0411. The maximum atomic E-state index is 14.2. The molecule has 2 saturated heterocycles. The van der Waals surface area contributed by atoms with Crippen molar-refractivity contribution in [3.8, 4) is 5.82 Å². The largest absolute Gasteiger partial charge is 0.378 e. The molecule has 0 saturated carbocycles. The molecule has 0 spiro atoms. The van der Waals surface area contributed by atoms with Gasteiger partial charge < -0.3 is 19.9 Å². The summed E-state index contributed by atoms with van der Waals surface area (Å²) in [4.78, 5) is 34.9. The van der Waals surface area contributed by atoms with E-state index in [1.807, 2.05) is 34.3 Å². The molecule has 10 nitrogen and oxygen atoms in total. The van der Waals surface area contributed by atoms with Gasteiger partial charge in [-0.2, -0.15) is 9.97 Å². The summed E-state index contributed by atoms with van der Waals surface area (Å²) >= 11 is 0. The molecule has 4 aromatic rings. The summed E-state index contributed by atoms with van der Waals surface area (Å²) in [5.74, 6) is 1.10. The molecule has 0 bridgehead atoms. The number of likely N-dealkylation sites (tertiary alicyclic amines) is 1. The predicted octanol–water partition coefficient (Wildman–Crippen LogP) is 4.27. The number of imidazole rings is 1. The predicted molar refractivity (Wildman–Crippen MR) is 155 cm³/mol. The van der Waals surface area contributed by atoms with Crippen LogP contribution in [0, 0.1) is 5.92 Å². The van der Waals surface area contributed by atoms with E-state index >= 15 is 0 Å². The number of ether oxygens (including phenoxy) is 1. The Kier molecular flexibility index (Phi) is 8.22. The van der Waals surface area contributed by atoms with Crippen LogP contribution in [0.5, 0.6) is 0 Å². The van der Waals surface area contributed by atoms with Crippen molar-refractivity contribution in [3.63, 3.8) is 0 Å². The highest BCUT2D eigenvalue weighted by Gasteiger charge is 2.28. The summed E-state index contributed by atoms with van der Waals surface area (Å²) in [5.41, 5.74) is 2.23. The fraction of sp³-hybridized carbons (Fsp3) is 0.433. The molecule has 0 unspecified atom stereocenters. The number of amides is 1. The van der Waals surface area contributed by atoms with Crippen LogP contribution < -0.4 is 10.2 Å². The van der Waals surface area contributed by atoms with E-state index in [4.69, 9.17) is 9.72 Å². The molecule has 42 heavy (non-hydrogen) atoms. The Bertz CT molecular complexity index is 1520. The lowest BCUT2D eigenvalue weighted by atomic mass is 9.90. The van der Waals surface area contributed by atoms with Crippen molar-refractivity contribution in [1.82, 2.24) is 29.4 Å². The van der Waals surface area contributed by atoms with Gasteiger partial charge in [-0.25, -0.2) is 13.8 Å². The number of fused-ring (bicyclic) bond motifs is 1. The molecule has 1 atom stereocenters. The highest BCUT2D eigenvalue weighted by atomic mass is 19.3. The average Bonchev–Trinajstić information content (AvgIpc) is 3.42. The molecule has 2 aliphatic rings. The topological polar surface area (TPSA) is 101 Å². The van der Waals surface area contributed by atoms with Gasteiger partial charge in [0.2, 0.25) is 11.9 Å². The van der Waals surface area contributed by atoms with Crippen LogP contribution >= 0.6 is 0 Å². The molecule has 6 rings (SSSR count). The van der Waals surface area contributed by atoms with Crippen LogP contribution in [0.4, 0.5) is 20.5 Å². The monoisotopic (exact) mass is 576 g/mol. The molecule has 1 aromatic carbocycles. The number of aromatic nitrogens is 5. The quantitative estimate of drug-likeness (QED) is 0.332. The van der Waals surface area contributed by atoms with E-state index in [0.29, 0.717) is 62.2 Å². The number of halogens is 2. The van der Waals surface area contributed by atoms with Gasteiger partial charge in [0, 0.05) is 44.6 Å². The van der Waals surface area contributed by atoms with Crippen LogP contribution in [0.1, 0.15) is 37.6 Å². The van der Waals surface area contributed by atoms with E-state index in [0.717, 1.165) is 19.3 Å². The second-order valence-electron chi connectivity index (χ2n) is 10.8. The van der Waals surface area contributed by atoms with E-state index in [1.165, 1.54) is 10.1 Å². The smallest absolute Gasteiger partial charge is 0.296 e.